The van der Waals surface area contributed by atoms with E-state index >= 15 is 0 Å². The van der Waals surface area contributed by atoms with Crippen LogP contribution in [0.3, 0.4) is 0 Å². The number of hydrogen-bond acceptors (Lipinski definition) is 3. The van der Waals surface area contributed by atoms with E-state index in [0.717, 1.165) is 44.4 Å². The van der Waals surface area contributed by atoms with E-state index in [1.165, 1.54) is 24.8 Å². The molecule has 0 aromatic heterocycles. The first-order chi connectivity index (χ1) is 13.6. The summed E-state index contributed by atoms with van der Waals surface area (Å²) in [7, 11) is 0. The molecule has 4 aliphatic carbocycles. The van der Waals surface area contributed by atoms with Gasteiger partial charge in [0.05, 0.1) is 5.92 Å². The van der Waals surface area contributed by atoms with Crippen LogP contribution in [0, 0.1) is 40.4 Å². The van der Waals surface area contributed by atoms with Crippen molar-refractivity contribution in [2.45, 2.75) is 98.5 Å². The highest BCUT2D eigenvalue weighted by Gasteiger charge is 2.60. The monoisotopic (exact) mass is 400 g/mol. The van der Waals surface area contributed by atoms with Gasteiger partial charge >= 0.3 is 5.97 Å². The second kappa shape index (κ2) is 7.54. The van der Waals surface area contributed by atoms with Gasteiger partial charge in [-0.25, -0.2) is 0 Å². The second-order valence-electron chi connectivity index (χ2n) is 11.5. The minimum atomic E-state index is -0.00458. The van der Waals surface area contributed by atoms with Crippen molar-refractivity contribution in [1.29, 1.82) is 0 Å². The molecule has 0 aromatic carbocycles. The topological polar surface area (TPSA) is 43.4 Å². The molecule has 3 nitrogen and oxygen atoms in total. The lowest BCUT2D eigenvalue weighted by Gasteiger charge is -2.57. The molecule has 4 aliphatic rings. The Morgan fingerprint density at radius 2 is 1.83 bits per heavy atom. The molecule has 0 radical (unpaired) electrons. The van der Waals surface area contributed by atoms with Gasteiger partial charge < -0.3 is 4.74 Å². The minimum Gasteiger partial charge on any atom is -0.462 e. The average Bonchev–Trinajstić information content (AvgIpc) is 2.98. The van der Waals surface area contributed by atoms with Crippen LogP contribution < -0.4 is 0 Å². The smallest absolute Gasteiger partial charge is 0.308 e. The lowest BCUT2D eigenvalue weighted by molar-refractivity contribution is -0.164. The van der Waals surface area contributed by atoms with Gasteiger partial charge in [-0.2, -0.15) is 0 Å². The third-order valence-electron chi connectivity index (χ3n) is 9.36. The molecule has 0 bridgehead atoms. The molecule has 29 heavy (non-hydrogen) atoms. The molecule has 0 N–H and O–H groups in total. The molecule has 3 heteroatoms. The fraction of sp³-hybridized carbons (Fsp3) is 0.846. The molecule has 7 atom stereocenters. The Balaban J connectivity index is 1.50. The highest BCUT2D eigenvalue weighted by molar-refractivity contribution is 5.91. The van der Waals surface area contributed by atoms with Crippen LogP contribution in [-0.2, 0) is 14.3 Å². The number of rotatable bonds is 4. The molecular formula is C26H40O3. The highest BCUT2D eigenvalue weighted by Crippen LogP contribution is 2.65. The molecule has 162 valence electrons. The third-order valence-corrected chi connectivity index (χ3v) is 9.36. The van der Waals surface area contributed by atoms with Crippen LogP contribution in [-0.4, -0.2) is 17.9 Å². The Labute approximate surface area is 177 Å². The maximum Gasteiger partial charge on any atom is 0.308 e. The first-order valence-corrected chi connectivity index (χ1v) is 12.1. The number of fused-ring (bicyclic) bond motifs is 5. The molecule has 3 fully saturated rings. The summed E-state index contributed by atoms with van der Waals surface area (Å²) in [5.74, 6) is 2.95. The molecule has 0 aliphatic heterocycles. The third kappa shape index (κ3) is 3.51. The van der Waals surface area contributed by atoms with Crippen molar-refractivity contribution < 1.29 is 14.3 Å². The lowest BCUT2D eigenvalue weighted by Crippen LogP contribution is -2.51. The fourth-order valence-corrected chi connectivity index (χ4v) is 7.76. The molecule has 0 spiro atoms. The van der Waals surface area contributed by atoms with E-state index < -0.39 is 0 Å². The van der Waals surface area contributed by atoms with Crippen molar-refractivity contribution in [3.63, 3.8) is 0 Å². The zero-order valence-electron chi connectivity index (χ0n) is 19.1. The van der Waals surface area contributed by atoms with Crippen molar-refractivity contribution in [3.8, 4) is 0 Å². The zero-order valence-corrected chi connectivity index (χ0v) is 19.1. The van der Waals surface area contributed by atoms with Crippen molar-refractivity contribution in [3.05, 3.63) is 11.6 Å². The van der Waals surface area contributed by atoms with Crippen LogP contribution >= 0.6 is 0 Å². The SMILES string of the molecule is CC(C)CC(C)C(=O)OC1CCC2C3CCC4=CC(=O)CCC4(C)C3CCC12C. The van der Waals surface area contributed by atoms with E-state index in [9.17, 15) is 9.59 Å². The number of hydrogen-bond donors (Lipinski definition) is 0. The fourth-order valence-electron chi connectivity index (χ4n) is 7.76. The van der Waals surface area contributed by atoms with Gasteiger partial charge in [0.2, 0.25) is 0 Å². The van der Waals surface area contributed by atoms with Crippen LogP contribution in [0.25, 0.3) is 0 Å². The molecule has 4 rings (SSSR count). The van der Waals surface area contributed by atoms with Crippen LogP contribution in [0.4, 0.5) is 0 Å². The summed E-state index contributed by atoms with van der Waals surface area (Å²) in [4.78, 5) is 24.7. The van der Waals surface area contributed by atoms with Gasteiger partial charge in [-0.3, -0.25) is 9.59 Å². The summed E-state index contributed by atoms with van der Waals surface area (Å²) in [5, 5.41) is 0. The molecule has 0 saturated heterocycles. The normalized spacial score (nSPS) is 42.6. The van der Waals surface area contributed by atoms with Crippen LogP contribution in [0.1, 0.15) is 92.4 Å². The Kier molecular flexibility index (Phi) is 5.49. The summed E-state index contributed by atoms with van der Waals surface area (Å²) in [6.07, 6.45) is 11.6. The van der Waals surface area contributed by atoms with Crippen molar-refractivity contribution >= 4 is 11.8 Å². The van der Waals surface area contributed by atoms with E-state index in [0.29, 0.717) is 23.5 Å². The Hall–Kier alpha value is -1.12. The summed E-state index contributed by atoms with van der Waals surface area (Å²) in [5.41, 5.74) is 1.79. The second-order valence-corrected chi connectivity index (χ2v) is 11.5. The maximum atomic E-state index is 12.7. The summed E-state index contributed by atoms with van der Waals surface area (Å²) >= 11 is 0. The predicted octanol–water partition coefficient (Wildman–Crippen LogP) is 6.11. The van der Waals surface area contributed by atoms with Crippen LogP contribution in [0.2, 0.25) is 0 Å². The largest absolute Gasteiger partial charge is 0.462 e. The van der Waals surface area contributed by atoms with Crippen molar-refractivity contribution in [1.82, 2.24) is 0 Å². The number of ketones is 1. The van der Waals surface area contributed by atoms with E-state index in [-0.39, 0.29) is 28.8 Å². The number of carbonyl (C=O) groups is 2. The maximum absolute atomic E-state index is 12.7. The number of ether oxygens (including phenoxy) is 1. The number of allylic oxidation sites excluding steroid dienone is 1. The van der Waals surface area contributed by atoms with Crippen molar-refractivity contribution in [2.24, 2.45) is 40.4 Å². The Bertz CT molecular complexity index is 707. The Morgan fingerprint density at radius 3 is 2.55 bits per heavy atom. The standard InChI is InChI=1S/C26H40O3/c1-16(2)14-17(3)24(28)29-23-9-8-21-20-7-6-18-15-19(27)10-12-25(18,4)22(20)11-13-26(21,23)5/h15-17,20-23H,6-14H2,1-5H3. The van der Waals surface area contributed by atoms with E-state index in [1.807, 2.05) is 13.0 Å². The molecule has 3 saturated carbocycles. The quantitative estimate of drug-likeness (QED) is 0.535. The van der Waals surface area contributed by atoms with Gasteiger partial charge in [0.15, 0.2) is 5.78 Å². The van der Waals surface area contributed by atoms with Gasteiger partial charge in [0.1, 0.15) is 6.10 Å². The summed E-state index contributed by atoms with van der Waals surface area (Å²) < 4.78 is 6.18. The highest BCUT2D eigenvalue weighted by atomic mass is 16.5. The van der Waals surface area contributed by atoms with Gasteiger partial charge in [0, 0.05) is 11.8 Å². The van der Waals surface area contributed by atoms with Crippen molar-refractivity contribution in [2.75, 3.05) is 0 Å². The number of carbonyl (C=O) groups excluding carboxylic acids is 2. The average molecular weight is 401 g/mol. The zero-order chi connectivity index (χ0) is 21.0. The molecule has 0 amide bonds. The molecule has 7 unspecified atom stereocenters. The van der Waals surface area contributed by atoms with E-state index in [1.54, 1.807) is 0 Å². The van der Waals surface area contributed by atoms with Gasteiger partial charge in [0.25, 0.3) is 0 Å². The molecule has 0 aromatic rings. The first-order valence-electron chi connectivity index (χ1n) is 12.1. The lowest BCUT2D eigenvalue weighted by atomic mass is 9.47. The van der Waals surface area contributed by atoms with E-state index in [2.05, 4.69) is 27.7 Å². The summed E-state index contributed by atoms with van der Waals surface area (Å²) in [6, 6.07) is 0. The molecular weight excluding hydrogens is 360 g/mol. The van der Waals surface area contributed by atoms with Gasteiger partial charge in [-0.1, -0.05) is 40.2 Å². The predicted molar refractivity (Wildman–Crippen MR) is 115 cm³/mol. The Morgan fingerprint density at radius 1 is 1.07 bits per heavy atom. The minimum absolute atomic E-state index is 0.00458. The summed E-state index contributed by atoms with van der Waals surface area (Å²) in [6.45, 7) is 11.2. The molecule has 0 heterocycles. The van der Waals surface area contributed by atoms with Crippen LogP contribution in [0.5, 0.6) is 0 Å². The van der Waals surface area contributed by atoms with Crippen LogP contribution in [0.15, 0.2) is 11.6 Å². The first kappa shape index (κ1) is 21.1. The van der Waals surface area contributed by atoms with Gasteiger partial charge in [-0.05, 0) is 86.5 Å². The number of esters is 1. The van der Waals surface area contributed by atoms with E-state index in [4.69, 9.17) is 4.74 Å². The van der Waals surface area contributed by atoms with Gasteiger partial charge in [-0.15, -0.1) is 0 Å².